The molecule has 0 unspecified atom stereocenters. The van der Waals surface area contributed by atoms with E-state index in [-0.39, 0.29) is 29.3 Å². The summed E-state index contributed by atoms with van der Waals surface area (Å²) in [7, 11) is 0. The molecule has 2 rings (SSSR count). The van der Waals surface area contributed by atoms with Crippen LogP contribution in [0.1, 0.15) is 20.0 Å². The van der Waals surface area contributed by atoms with Gasteiger partial charge in [0.25, 0.3) is 5.91 Å². The van der Waals surface area contributed by atoms with Crippen LogP contribution < -0.4 is 21.9 Å². The first kappa shape index (κ1) is 14.1. The number of carbonyl (C=O) groups is 2. The Labute approximate surface area is 117 Å². The normalized spacial score (nSPS) is 10.7. The average molecular weight is 295 g/mol. The largest absolute Gasteiger partial charge is 0.490 e. The topological polar surface area (TPSA) is 142 Å². The Bertz CT molecular complexity index is 696. The molecule has 1 aromatic heterocycles. The molecular formula is C12H13N3O4S. The zero-order chi connectivity index (χ0) is 14.9. The van der Waals surface area contributed by atoms with Crippen LogP contribution in [0.4, 0.5) is 5.69 Å². The summed E-state index contributed by atoms with van der Waals surface area (Å²) in [6.45, 7) is -0.113. The molecule has 0 aliphatic carbocycles. The first-order valence-electron chi connectivity index (χ1n) is 5.65. The van der Waals surface area contributed by atoms with E-state index in [1.54, 1.807) is 0 Å². The van der Waals surface area contributed by atoms with Crippen molar-refractivity contribution in [1.82, 2.24) is 0 Å². The van der Waals surface area contributed by atoms with E-state index in [1.807, 2.05) is 0 Å². The zero-order valence-electron chi connectivity index (χ0n) is 10.4. The van der Waals surface area contributed by atoms with Crippen molar-refractivity contribution in [2.45, 2.75) is 0 Å². The number of hydrogen-bond donors (Lipinski definition) is 4. The summed E-state index contributed by atoms with van der Waals surface area (Å²) in [6.07, 6.45) is 0. The molecule has 7 N–H and O–H groups in total. The van der Waals surface area contributed by atoms with Gasteiger partial charge in [0, 0.05) is 0 Å². The Morgan fingerprint density at radius 3 is 2.50 bits per heavy atom. The predicted molar refractivity (Wildman–Crippen MR) is 75.9 cm³/mol. The molecule has 2 aromatic rings. The van der Waals surface area contributed by atoms with Gasteiger partial charge in [0.05, 0.1) is 27.9 Å². The molecule has 8 heteroatoms. The van der Waals surface area contributed by atoms with Crippen LogP contribution in [0.3, 0.4) is 0 Å². The fourth-order valence-electron chi connectivity index (χ4n) is 1.85. The smallest absolute Gasteiger partial charge is 0.260 e. The number of primary amides is 2. The number of ether oxygens (including phenoxy) is 1. The molecule has 0 spiro atoms. The molecular weight excluding hydrogens is 282 g/mol. The number of nitrogen functional groups attached to an aromatic ring is 1. The van der Waals surface area contributed by atoms with Crippen molar-refractivity contribution in [3.05, 3.63) is 22.6 Å². The Morgan fingerprint density at radius 2 is 1.95 bits per heavy atom. The Kier molecular flexibility index (Phi) is 3.77. The summed E-state index contributed by atoms with van der Waals surface area (Å²) in [5, 5.41) is 9.21. The third kappa shape index (κ3) is 2.26. The highest BCUT2D eigenvalue weighted by Crippen LogP contribution is 2.41. The lowest BCUT2D eigenvalue weighted by Crippen LogP contribution is -2.11. The van der Waals surface area contributed by atoms with Gasteiger partial charge in [-0.2, -0.15) is 0 Å². The second-order valence-corrected chi connectivity index (χ2v) is 4.98. The van der Waals surface area contributed by atoms with Gasteiger partial charge in [-0.3, -0.25) is 9.59 Å². The second-order valence-electron chi connectivity index (χ2n) is 3.96. The van der Waals surface area contributed by atoms with Crippen LogP contribution in [-0.4, -0.2) is 30.1 Å². The van der Waals surface area contributed by atoms with Gasteiger partial charge in [-0.05, 0) is 12.1 Å². The van der Waals surface area contributed by atoms with Crippen LogP contribution in [0.5, 0.6) is 5.75 Å². The van der Waals surface area contributed by atoms with Gasteiger partial charge in [-0.15, -0.1) is 11.3 Å². The molecule has 7 nitrogen and oxygen atoms in total. The molecule has 20 heavy (non-hydrogen) atoms. The van der Waals surface area contributed by atoms with Gasteiger partial charge in [0.2, 0.25) is 5.91 Å². The average Bonchev–Trinajstić information content (AvgIpc) is 2.74. The quantitative estimate of drug-likeness (QED) is 0.616. The molecule has 0 aliphatic rings. The van der Waals surface area contributed by atoms with Crippen LogP contribution in [0.2, 0.25) is 0 Å². The number of nitrogens with two attached hydrogens (primary N) is 3. The van der Waals surface area contributed by atoms with Gasteiger partial charge >= 0.3 is 0 Å². The number of aliphatic hydroxyl groups excluding tert-OH is 1. The lowest BCUT2D eigenvalue weighted by Gasteiger charge is -2.08. The number of carbonyl (C=O) groups excluding carboxylic acids is 2. The SMILES string of the molecule is NC(=O)c1sc2c(C(N)=O)ccc(OCCO)c2c1N. The maximum absolute atomic E-state index is 11.4. The van der Waals surface area contributed by atoms with Crippen molar-refractivity contribution in [2.75, 3.05) is 18.9 Å². The highest BCUT2D eigenvalue weighted by atomic mass is 32.1. The van der Waals surface area contributed by atoms with E-state index in [4.69, 9.17) is 27.0 Å². The number of rotatable bonds is 5. The minimum atomic E-state index is -0.688. The van der Waals surface area contributed by atoms with Crippen LogP contribution in [0.25, 0.3) is 10.1 Å². The Balaban J connectivity index is 2.75. The molecule has 2 amide bonds. The van der Waals surface area contributed by atoms with Crippen LogP contribution in [0.15, 0.2) is 12.1 Å². The first-order chi connectivity index (χ1) is 9.47. The maximum Gasteiger partial charge on any atom is 0.260 e. The molecule has 0 fully saturated rings. The minimum Gasteiger partial charge on any atom is -0.490 e. The highest BCUT2D eigenvalue weighted by molar-refractivity contribution is 7.22. The molecule has 1 aromatic carbocycles. The molecule has 0 saturated heterocycles. The van der Waals surface area contributed by atoms with Gasteiger partial charge in [0.15, 0.2) is 0 Å². The summed E-state index contributed by atoms with van der Waals surface area (Å²) >= 11 is 0.992. The summed E-state index contributed by atoms with van der Waals surface area (Å²) in [6, 6.07) is 3.00. The van der Waals surface area contributed by atoms with E-state index >= 15 is 0 Å². The van der Waals surface area contributed by atoms with Crippen LogP contribution >= 0.6 is 11.3 Å². The second kappa shape index (κ2) is 5.35. The standard InChI is InChI=1S/C12H13N3O4S/c13-8-7-6(19-4-3-16)2-1-5(11(14)17)9(7)20-10(8)12(15)18/h1-2,16H,3-4,13H2,(H2,14,17)(H2,15,18). The van der Waals surface area contributed by atoms with Gasteiger partial charge in [-0.1, -0.05) is 0 Å². The third-order valence-electron chi connectivity index (χ3n) is 2.68. The molecule has 0 bridgehead atoms. The van der Waals surface area contributed by atoms with Crippen LogP contribution in [-0.2, 0) is 0 Å². The van der Waals surface area contributed by atoms with Gasteiger partial charge in [0.1, 0.15) is 17.2 Å². The zero-order valence-corrected chi connectivity index (χ0v) is 11.2. The molecule has 106 valence electrons. The number of aliphatic hydroxyl groups is 1. The number of benzene rings is 1. The summed E-state index contributed by atoms with van der Waals surface area (Å²) in [5.41, 5.74) is 16.8. The van der Waals surface area contributed by atoms with Gasteiger partial charge in [-0.25, -0.2) is 0 Å². The fraction of sp³-hybridized carbons (Fsp3) is 0.167. The minimum absolute atomic E-state index is 0.0617. The van der Waals surface area contributed by atoms with Crippen LogP contribution in [0, 0.1) is 0 Å². The van der Waals surface area contributed by atoms with Crippen molar-refractivity contribution in [3.8, 4) is 5.75 Å². The highest BCUT2D eigenvalue weighted by Gasteiger charge is 2.21. The molecule has 1 heterocycles. The Hall–Kier alpha value is -2.32. The summed E-state index contributed by atoms with van der Waals surface area (Å²) in [4.78, 5) is 22.9. The molecule has 0 aliphatic heterocycles. The predicted octanol–water partition coefficient (Wildman–Crippen LogP) is 0.0524. The fourth-order valence-corrected chi connectivity index (χ4v) is 2.96. The van der Waals surface area contributed by atoms with Crippen molar-refractivity contribution in [1.29, 1.82) is 0 Å². The van der Waals surface area contributed by atoms with E-state index in [9.17, 15) is 9.59 Å². The number of hydrogen-bond acceptors (Lipinski definition) is 6. The maximum atomic E-state index is 11.4. The van der Waals surface area contributed by atoms with E-state index in [1.165, 1.54) is 12.1 Å². The molecule has 0 saturated carbocycles. The van der Waals surface area contributed by atoms with E-state index < -0.39 is 11.8 Å². The number of amides is 2. The van der Waals surface area contributed by atoms with E-state index in [2.05, 4.69) is 0 Å². The summed E-state index contributed by atoms with van der Waals surface area (Å²) < 4.78 is 5.79. The molecule has 0 atom stereocenters. The van der Waals surface area contributed by atoms with Crippen molar-refractivity contribution in [2.24, 2.45) is 11.5 Å². The molecule has 0 radical (unpaired) electrons. The first-order valence-corrected chi connectivity index (χ1v) is 6.47. The number of thiophene rings is 1. The summed E-state index contributed by atoms with van der Waals surface area (Å²) in [5.74, 6) is -0.964. The monoisotopic (exact) mass is 295 g/mol. The van der Waals surface area contributed by atoms with Crippen molar-refractivity contribution < 1.29 is 19.4 Å². The number of anilines is 1. The number of fused-ring (bicyclic) bond motifs is 1. The lowest BCUT2D eigenvalue weighted by atomic mass is 10.1. The van der Waals surface area contributed by atoms with Crippen molar-refractivity contribution >= 4 is 38.9 Å². The van der Waals surface area contributed by atoms with E-state index in [0.29, 0.717) is 15.8 Å². The Morgan fingerprint density at radius 1 is 1.25 bits per heavy atom. The van der Waals surface area contributed by atoms with Crippen molar-refractivity contribution in [3.63, 3.8) is 0 Å². The third-order valence-corrected chi connectivity index (χ3v) is 3.93. The van der Waals surface area contributed by atoms with Gasteiger partial charge < -0.3 is 27.0 Å². The lowest BCUT2D eigenvalue weighted by molar-refractivity contribution is 0.0994. The van der Waals surface area contributed by atoms with E-state index in [0.717, 1.165) is 11.3 Å².